The van der Waals surface area contributed by atoms with E-state index in [1.54, 1.807) is 0 Å². The molecule has 0 unspecified atom stereocenters. The van der Waals surface area contributed by atoms with E-state index >= 15 is 0 Å². The van der Waals surface area contributed by atoms with Crippen molar-refractivity contribution in [3.8, 4) is 16.9 Å². The zero-order valence-corrected chi connectivity index (χ0v) is 9.34. The summed E-state index contributed by atoms with van der Waals surface area (Å²) >= 11 is 0. The van der Waals surface area contributed by atoms with E-state index in [0.717, 1.165) is 30.3 Å². The van der Waals surface area contributed by atoms with E-state index in [2.05, 4.69) is 4.74 Å². The second-order valence-corrected chi connectivity index (χ2v) is 3.64. The molecule has 0 aromatic heterocycles. The lowest BCUT2D eigenvalue weighted by molar-refractivity contribution is -0.274. The average Bonchev–Trinajstić information content (AvgIpc) is 2.29. The summed E-state index contributed by atoms with van der Waals surface area (Å²) in [7, 11) is 0. The molecule has 0 aliphatic heterocycles. The first kappa shape index (κ1) is 13.3. The summed E-state index contributed by atoms with van der Waals surface area (Å²) in [6.07, 6.45) is -4.93. The van der Waals surface area contributed by atoms with Gasteiger partial charge in [-0.05, 0) is 18.2 Å². The fourth-order valence-electron chi connectivity index (χ4n) is 1.64. The van der Waals surface area contributed by atoms with Gasteiger partial charge in [-0.25, -0.2) is 8.78 Å². The Balaban J connectivity index is 2.57. The number of benzene rings is 2. The lowest BCUT2D eigenvalue weighted by Crippen LogP contribution is -2.17. The van der Waals surface area contributed by atoms with Crippen molar-refractivity contribution in [3.63, 3.8) is 0 Å². The first-order valence-corrected chi connectivity index (χ1v) is 5.17. The molecule has 100 valence electrons. The molecule has 0 bridgehead atoms. The SMILES string of the molecule is Fc1cccc(F)c1-c1ccccc1OC(F)(F)F. The van der Waals surface area contributed by atoms with Crippen LogP contribution in [0.25, 0.3) is 11.1 Å². The molecule has 0 N–H and O–H groups in total. The van der Waals surface area contributed by atoms with Crippen LogP contribution in [0, 0.1) is 11.6 Å². The third-order valence-corrected chi connectivity index (χ3v) is 2.34. The van der Waals surface area contributed by atoms with E-state index < -0.39 is 29.3 Å². The first-order valence-electron chi connectivity index (χ1n) is 5.17. The lowest BCUT2D eigenvalue weighted by atomic mass is 10.0. The number of alkyl halides is 3. The summed E-state index contributed by atoms with van der Waals surface area (Å²) in [6.45, 7) is 0. The van der Waals surface area contributed by atoms with Gasteiger partial charge in [-0.3, -0.25) is 0 Å². The summed E-state index contributed by atoms with van der Waals surface area (Å²) in [5, 5.41) is 0. The van der Waals surface area contributed by atoms with Crippen molar-refractivity contribution < 1.29 is 26.7 Å². The van der Waals surface area contributed by atoms with E-state index in [-0.39, 0.29) is 5.56 Å². The Kier molecular flexibility index (Phi) is 3.42. The van der Waals surface area contributed by atoms with Crippen LogP contribution in [0.4, 0.5) is 22.0 Å². The standard InChI is InChI=1S/C13H7F5O/c14-9-5-3-6-10(15)12(9)8-4-1-2-7-11(8)19-13(16,17)18/h1-7H. The van der Waals surface area contributed by atoms with Crippen LogP contribution in [0.3, 0.4) is 0 Å². The Labute approximate surface area is 105 Å². The number of hydrogen-bond donors (Lipinski definition) is 0. The monoisotopic (exact) mass is 274 g/mol. The summed E-state index contributed by atoms with van der Waals surface area (Å²) in [6, 6.07) is 7.85. The molecule has 0 atom stereocenters. The molecule has 19 heavy (non-hydrogen) atoms. The average molecular weight is 274 g/mol. The third kappa shape index (κ3) is 3.01. The fourth-order valence-corrected chi connectivity index (χ4v) is 1.64. The minimum absolute atomic E-state index is 0.296. The fraction of sp³-hybridized carbons (Fsp3) is 0.0769. The van der Waals surface area contributed by atoms with Crippen molar-refractivity contribution >= 4 is 0 Å². The van der Waals surface area contributed by atoms with Gasteiger partial charge in [0, 0.05) is 5.56 Å². The van der Waals surface area contributed by atoms with Gasteiger partial charge in [-0.2, -0.15) is 0 Å². The number of ether oxygens (including phenoxy) is 1. The second-order valence-electron chi connectivity index (χ2n) is 3.64. The zero-order valence-electron chi connectivity index (χ0n) is 9.34. The van der Waals surface area contributed by atoms with E-state index in [1.807, 2.05) is 0 Å². The molecule has 1 nitrogen and oxygen atoms in total. The van der Waals surface area contributed by atoms with Gasteiger partial charge in [0.2, 0.25) is 0 Å². The maximum atomic E-state index is 13.6. The maximum Gasteiger partial charge on any atom is 0.573 e. The number of hydrogen-bond acceptors (Lipinski definition) is 1. The molecule has 0 saturated heterocycles. The van der Waals surface area contributed by atoms with Gasteiger partial charge in [-0.15, -0.1) is 13.2 Å². The summed E-state index contributed by atoms with van der Waals surface area (Å²) in [5.41, 5.74) is -0.849. The Morgan fingerprint density at radius 3 is 1.95 bits per heavy atom. The summed E-state index contributed by atoms with van der Waals surface area (Å²) in [4.78, 5) is 0. The van der Waals surface area contributed by atoms with Gasteiger partial charge in [0.15, 0.2) is 0 Å². The van der Waals surface area contributed by atoms with Crippen LogP contribution in [0.1, 0.15) is 0 Å². The molecule has 0 amide bonds. The zero-order chi connectivity index (χ0) is 14.0. The number of rotatable bonds is 2. The second kappa shape index (κ2) is 4.87. The van der Waals surface area contributed by atoms with E-state index in [9.17, 15) is 22.0 Å². The predicted octanol–water partition coefficient (Wildman–Crippen LogP) is 4.53. The number of halogens is 5. The Hall–Kier alpha value is -2.11. The van der Waals surface area contributed by atoms with Crippen LogP contribution < -0.4 is 4.74 Å². The molecule has 6 heteroatoms. The first-order chi connectivity index (χ1) is 8.88. The van der Waals surface area contributed by atoms with Gasteiger partial charge in [0.25, 0.3) is 0 Å². The highest BCUT2D eigenvalue weighted by Gasteiger charge is 2.32. The van der Waals surface area contributed by atoms with Gasteiger partial charge in [0.1, 0.15) is 17.4 Å². The van der Waals surface area contributed by atoms with Crippen molar-refractivity contribution in [2.75, 3.05) is 0 Å². The van der Waals surface area contributed by atoms with Crippen molar-refractivity contribution in [1.29, 1.82) is 0 Å². The predicted molar refractivity (Wildman–Crippen MR) is 58.5 cm³/mol. The van der Waals surface area contributed by atoms with Crippen LogP contribution >= 0.6 is 0 Å². The van der Waals surface area contributed by atoms with Gasteiger partial charge in [-0.1, -0.05) is 24.3 Å². The largest absolute Gasteiger partial charge is 0.573 e. The highest BCUT2D eigenvalue weighted by atomic mass is 19.4. The Bertz CT molecular complexity index is 572. The molecule has 2 rings (SSSR count). The van der Waals surface area contributed by atoms with Gasteiger partial charge < -0.3 is 4.74 Å². The van der Waals surface area contributed by atoms with Crippen LogP contribution in [-0.4, -0.2) is 6.36 Å². The molecule has 0 aliphatic carbocycles. The normalized spacial score (nSPS) is 11.4. The van der Waals surface area contributed by atoms with Gasteiger partial charge in [0.05, 0.1) is 5.56 Å². The van der Waals surface area contributed by atoms with Crippen molar-refractivity contribution in [2.45, 2.75) is 6.36 Å². The minimum Gasteiger partial charge on any atom is -0.405 e. The highest BCUT2D eigenvalue weighted by Crippen LogP contribution is 2.36. The van der Waals surface area contributed by atoms with Crippen LogP contribution in [0.15, 0.2) is 42.5 Å². The molecule has 0 heterocycles. The molecule has 2 aromatic rings. The summed E-state index contributed by atoms with van der Waals surface area (Å²) < 4.78 is 67.6. The third-order valence-electron chi connectivity index (χ3n) is 2.34. The van der Waals surface area contributed by atoms with Gasteiger partial charge >= 0.3 is 6.36 Å². The van der Waals surface area contributed by atoms with Crippen molar-refractivity contribution in [2.24, 2.45) is 0 Å². The molecule has 2 aromatic carbocycles. The minimum atomic E-state index is -4.93. The molecule has 0 fully saturated rings. The molecule has 0 spiro atoms. The summed E-state index contributed by atoms with van der Waals surface area (Å²) in [5.74, 6) is -2.57. The van der Waals surface area contributed by atoms with Crippen molar-refractivity contribution in [3.05, 3.63) is 54.1 Å². The highest BCUT2D eigenvalue weighted by molar-refractivity contribution is 5.71. The lowest BCUT2D eigenvalue weighted by Gasteiger charge is -2.14. The molecular weight excluding hydrogens is 267 g/mol. The van der Waals surface area contributed by atoms with E-state index in [0.29, 0.717) is 0 Å². The smallest absolute Gasteiger partial charge is 0.405 e. The molecule has 0 aliphatic rings. The Morgan fingerprint density at radius 2 is 1.37 bits per heavy atom. The molecular formula is C13H7F5O. The Morgan fingerprint density at radius 1 is 0.789 bits per heavy atom. The van der Waals surface area contributed by atoms with Crippen molar-refractivity contribution in [1.82, 2.24) is 0 Å². The van der Waals surface area contributed by atoms with Crippen LogP contribution in [0.2, 0.25) is 0 Å². The van der Waals surface area contributed by atoms with Crippen LogP contribution in [-0.2, 0) is 0 Å². The molecule has 0 radical (unpaired) electrons. The maximum absolute atomic E-state index is 13.6. The topological polar surface area (TPSA) is 9.23 Å². The van der Waals surface area contributed by atoms with E-state index in [4.69, 9.17) is 0 Å². The van der Waals surface area contributed by atoms with E-state index in [1.165, 1.54) is 12.1 Å². The quantitative estimate of drug-likeness (QED) is 0.731. The van der Waals surface area contributed by atoms with Crippen LogP contribution in [0.5, 0.6) is 5.75 Å². The molecule has 0 saturated carbocycles. The number of para-hydroxylation sites is 1.